The molecule has 0 saturated carbocycles. The lowest BCUT2D eigenvalue weighted by atomic mass is 10.1. The van der Waals surface area contributed by atoms with E-state index < -0.39 is 41.7 Å². The zero-order valence-electron chi connectivity index (χ0n) is 8.09. The summed E-state index contributed by atoms with van der Waals surface area (Å²) in [6, 6.07) is 1.78. The minimum absolute atomic E-state index is 0.523. The van der Waals surface area contributed by atoms with Gasteiger partial charge in [-0.15, -0.1) is 0 Å². The second-order valence-corrected chi connectivity index (χ2v) is 3.00. The summed E-state index contributed by atoms with van der Waals surface area (Å²) in [4.78, 5) is 2.71. The highest BCUT2D eigenvalue weighted by Gasteiger charge is 2.37. The van der Waals surface area contributed by atoms with Gasteiger partial charge in [0.05, 0.1) is 12.2 Å². The van der Waals surface area contributed by atoms with Gasteiger partial charge in [0.1, 0.15) is 11.8 Å². The molecule has 8 heteroatoms. The minimum Gasteiger partial charge on any atom is -0.392 e. The van der Waals surface area contributed by atoms with Crippen molar-refractivity contribution in [2.45, 2.75) is 19.2 Å². The number of halogens is 5. The van der Waals surface area contributed by atoms with E-state index in [1.165, 1.54) is 6.07 Å². The average molecular weight is 252 g/mol. The van der Waals surface area contributed by atoms with Crippen molar-refractivity contribution < 1.29 is 27.1 Å². The zero-order chi connectivity index (χ0) is 13.2. The summed E-state index contributed by atoms with van der Waals surface area (Å²) >= 11 is 0. The van der Waals surface area contributed by atoms with Crippen LogP contribution in [0.2, 0.25) is 0 Å². The van der Waals surface area contributed by atoms with Crippen LogP contribution in [0.4, 0.5) is 22.0 Å². The number of nitrogens with zero attached hydrogens (tertiary/aromatic N) is 2. The van der Waals surface area contributed by atoms with Gasteiger partial charge in [-0.3, -0.25) is 0 Å². The number of alkyl halides is 5. The number of rotatable bonds is 2. The van der Waals surface area contributed by atoms with Crippen molar-refractivity contribution >= 4 is 0 Å². The fourth-order valence-corrected chi connectivity index (χ4v) is 1.19. The Bertz CT molecular complexity index is 464. The van der Waals surface area contributed by atoms with Crippen LogP contribution in [0.1, 0.15) is 28.9 Å². The van der Waals surface area contributed by atoms with E-state index in [0.717, 1.165) is 0 Å². The van der Waals surface area contributed by atoms with Crippen LogP contribution in [0, 0.1) is 11.3 Å². The minimum atomic E-state index is -5.03. The second kappa shape index (κ2) is 4.63. The molecule has 0 aliphatic heterocycles. The van der Waals surface area contributed by atoms with Crippen LogP contribution in [0.15, 0.2) is 6.07 Å². The summed E-state index contributed by atoms with van der Waals surface area (Å²) in [5.41, 5.74) is -4.29. The maximum Gasteiger partial charge on any atom is 0.434 e. The van der Waals surface area contributed by atoms with E-state index in [9.17, 15) is 22.0 Å². The molecule has 0 radical (unpaired) electrons. The molecule has 1 rings (SSSR count). The fraction of sp³-hybridized carbons (Fsp3) is 0.333. The van der Waals surface area contributed by atoms with Gasteiger partial charge in [0.25, 0.3) is 6.43 Å². The highest BCUT2D eigenvalue weighted by molar-refractivity contribution is 5.43. The molecule has 0 aromatic carbocycles. The molecule has 0 bridgehead atoms. The lowest BCUT2D eigenvalue weighted by molar-refractivity contribution is -0.141. The molecule has 1 N–H and O–H groups in total. The molecule has 0 amide bonds. The van der Waals surface area contributed by atoms with Crippen LogP contribution in [0.5, 0.6) is 0 Å². The van der Waals surface area contributed by atoms with Gasteiger partial charge in [-0.2, -0.15) is 18.4 Å². The van der Waals surface area contributed by atoms with E-state index in [1.54, 1.807) is 0 Å². The van der Waals surface area contributed by atoms with Crippen molar-refractivity contribution in [1.29, 1.82) is 5.26 Å². The third kappa shape index (κ3) is 2.68. The van der Waals surface area contributed by atoms with E-state index in [0.29, 0.717) is 6.07 Å². The van der Waals surface area contributed by atoms with Gasteiger partial charge in [0.2, 0.25) is 0 Å². The summed E-state index contributed by atoms with van der Waals surface area (Å²) in [5, 5.41) is 17.3. The molecule has 17 heavy (non-hydrogen) atoms. The van der Waals surface area contributed by atoms with Gasteiger partial charge in [-0.25, -0.2) is 13.8 Å². The number of pyridine rings is 1. The molecule has 0 saturated heterocycles. The second-order valence-electron chi connectivity index (χ2n) is 3.00. The molecule has 0 fully saturated rings. The number of nitriles is 1. The number of aliphatic hydroxyl groups excluding tert-OH is 1. The zero-order valence-corrected chi connectivity index (χ0v) is 8.09. The number of hydrogen-bond acceptors (Lipinski definition) is 3. The lowest BCUT2D eigenvalue weighted by Gasteiger charge is -2.12. The Kier molecular flexibility index (Phi) is 3.63. The first-order valence-electron chi connectivity index (χ1n) is 4.21. The predicted octanol–water partition coefficient (Wildman–Crippen LogP) is 2.40. The molecule has 0 aliphatic carbocycles. The first-order chi connectivity index (χ1) is 7.81. The van der Waals surface area contributed by atoms with Gasteiger partial charge in [-0.05, 0) is 11.6 Å². The maximum atomic E-state index is 12.5. The molecule has 1 heterocycles. The Morgan fingerprint density at radius 3 is 2.35 bits per heavy atom. The lowest BCUT2D eigenvalue weighted by Crippen LogP contribution is -2.14. The molecule has 1 aromatic rings. The van der Waals surface area contributed by atoms with Crippen molar-refractivity contribution in [3.05, 3.63) is 28.6 Å². The summed E-state index contributed by atoms with van der Waals surface area (Å²) < 4.78 is 62.0. The Morgan fingerprint density at radius 2 is 2.00 bits per heavy atom. The Morgan fingerprint density at radius 1 is 1.41 bits per heavy atom. The van der Waals surface area contributed by atoms with Crippen molar-refractivity contribution in [2.75, 3.05) is 0 Å². The first kappa shape index (κ1) is 13.3. The van der Waals surface area contributed by atoms with E-state index in [2.05, 4.69) is 4.98 Å². The van der Waals surface area contributed by atoms with Crippen molar-refractivity contribution in [3.63, 3.8) is 0 Å². The standard InChI is InChI=1S/C9H5F5N2O/c10-8(11)6-1-4(3-17)5(2-15)7(16-6)9(12,13)14/h1,8,17H,3H2. The number of aliphatic hydroxyl groups is 1. The van der Waals surface area contributed by atoms with Crippen LogP contribution in [-0.2, 0) is 12.8 Å². The SMILES string of the molecule is N#Cc1c(CO)cc(C(F)F)nc1C(F)(F)F. The molecule has 0 atom stereocenters. The monoisotopic (exact) mass is 252 g/mol. The Labute approximate surface area is 92.1 Å². The third-order valence-electron chi connectivity index (χ3n) is 1.90. The van der Waals surface area contributed by atoms with Gasteiger partial charge >= 0.3 is 6.18 Å². The smallest absolute Gasteiger partial charge is 0.392 e. The molecule has 0 spiro atoms. The molecular weight excluding hydrogens is 247 g/mol. The van der Waals surface area contributed by atoms with Crippen molar-refractivity contribution in [2.24, 2.45) is 0 Å². The highest BCUT2D eigenvalue weighted by atomic mass is 19.4. The summed E-state index contributed by atoms with van der Waals surface area (Å²) in [6.45, 7) is -0.950. The molecule has 1 aromatic heterocycles. The molecule has 92 valence electrons. The quantitative estimate of drug-likeness (QED) is 0.822. The molecular formula is C9H5F5N2O. The summed E-state index contributed by atoms with van der Waals surface area (Å²) in [7, 11) is 0. The van der Waals surface area contributed by atoms with Crippen molar-refractivity contribution in [3.8, 4) is 6.07 Å². The Hall–Kier alpha value is -1.75. The average Bonchev–Trinajstić information content (AvgIpc) is 2.25. The van der Waals surface area contributed by atoms with Crippen LogP contribution in [-0.4, -0.2) is 10.1 Å². The van der Waals surface area contributed by atoms with Crippen LogP contribution >= 0.6 is 0 Å². The van der Waals surface area contributed by atoms with Gasteiger partial charge in [-0.1, -0.05) is 0 Å². The topological polar surface area (TPSA) is 56.9 Å². The maximum absolute atomic E-state index is 12.5. The highest BCUT2D eigenvalue weighted by Crippen LogP contribution is 2.33. The molecule has 0 aliphatic rings. The first-order valence-corrected chi connectivity index (χ1v) is 4.21. The van der Waals surface area contributed by atoms with Gasteiger partial charge in [0.15, 0.2) is 5.69 Å². The Balaban J connectivity index is 3.56. The van der Waals surface area contributed by atoms with E-state index in [1.807, 2.05) is 0 Å². The largest absolute Gasteiger partial charge is 0.434 e. The van der Waals surface area contributed by atoms with Gasteiger partial charge < -0.3 is 5.11 Å². The summed E-state index contributed by atoms with van der Waals surface area (Å²) in [5.74, 6) is 0. The van der Waals surface area contributed by atoms with E-state index >= 15 is 0 Å². The van der Waals surface area contributed by atoms with Crippen LogP contribution in [0.3, 0.4) is 0 Å². The molecule has 0 unspecified atom stereocenters. The van der Waals surface area contributed by atoms with E-state index in [-0.39, 0.29) is 0 Å². The fourth-order valence-electron chi connectivity index (χ4n) is 1.19. The van der Waals surface area contributed by atoms with Gasteiger partial charge in [0, 0.05) is 0 Å². The van der Waals surface area contributed by atoms with Crippen LogP contribution < -0.4 is 0 Å². The third-order valence-corrected chi connectivity index (χ3v) is 1.90. The van der Waals surface area contributed by atoms with Crippen molar-refractivity contribution in [1.82, 2.24) is 4.98 Å². The molecule has 3 nitrogen and oxygen atoms in total. The van der Waals surface area contributed by atoms with Crippen LogP contribution in [0.25, 0.3) is 0 Å². The number of hydrogen-bond donors (Lipinski definition) is 1. The normalized spacial score (nSPS) is 11.6. The predicted molar refractivity (Wildman–Crippen MR) is 44.8 cm³/mol. The summed E-state index contributed by atoms with van der Waals surface area (Å²) in [6.07, 6.45) is -8.24. The number of aromatic nitrogens is 1. The van der Waals surface area contributed by atoms with E-state index in [4.69, 9.17) is 10.4 Å².